The average Bonchev–Trinajstić information content (AvgIpc) is 2.42. The minimum atomic E-state index is -4.00. The Morgan fingerprint density at radius 2 is 1.60 bits per heavy atom. The van der Waals surface area contributed by atoms with Gasteiger partial charge in [0, 0.05) is 5.56 Å². The average molecular weight is 296 g/mol. The number of carbonyl (C=O) groups excluding carboxylic acids is 1. The molecule has 0 aromatic heterocycles. The van der Waals surface area contributed by atoms with E-state index in [1.165, 1.54) is 12.1 Å². The van der Waals surface area contributed by atoms with Gasteiger partial charge >= 0.3 is 0 Å². The van der Waals surface area contributed by atoms with Crippen molar-refractivity contribution in [2.45, 2.75) is 4.90 Å². The van der Waals surface area contributed by atoms with Crippen LogP contribution in [0, 0.1) is 11.6 Å². The maximum absolute atomic E-state index is 13.0. The van der Waals surface area contributed by atoms with Crippen LogP contribution in [-0.4, -0.2) is 20.0 Å². The summed E-state index contributed by atoms with van der Waals surface area (Å²) < 4.78 is 49.8. The van der Waals surface area contributed by atoms with Gasteiger partial charge in [-0.15, -0.1) is 0 Å². The van der Waals surface area contributed by atoms with Crippen LogP contribution in [0.5, 0.6) is 0 Å². The number of sulfone groups is 1. The van der Waals surface area contributed by atoms with Crippen LogP contribution in [0.1, 0.15) is 10.4 Å². The fourth-order valence-corrected chi connectivity index (χ4v) is 2.87. The SMILES string of the molecule is O=C(CS(=O)(=O)c1ccc(F)c(F)c1)c1ccccc1. The van der Waals surface area contributed by atoms with Gasteiger partial charge in [0.05, 0.1) is 4.90 Å². The Hall–Kier alpha value is -2.08. The summed E-state index contributed by atoms with van der Waals surface area (Å²) in [6, 6.07) is 10.1. The Morgan fingerprint density at radius 1 is 0.950 bits per heavy atom. The molecule has 0 spiro atoms. The van der Waals surface area contributed by atoms with Crippen molar-refractivity contribution in [3.63, 3.8) is 0 Å². The summed E-state index contributed by atoms with van der Waals surface area (Å²) in [6.45, 7) is 0. The second kappa shape index (κ2) is 5.50. The molecular weight excluding hydrogens is 286 g/mol. The van der Waals surface area contributed by atoms with Crippen LogP contribution in [0.3, 0.4) is 0 Å². The van der Waals surface area contributed by atoms with Gasteiger partial charge in [-0.3, -0.25) is 4.79 Å². The van der Waals surface area contributed by atoms with Crippen molar-refractivity contribution in [1.82, 2.24) is 0 Å². The highest BCUT2D eigenvalue weighted by molar-refractivity contribution is 7.92. The third-order valence-electron chi connectivity index (χ3n) is 2.67. The minimum absolute atomic E-state index is 0.249. The molecule has 0 aliphatic heterocycles. The predicted molar refractivity (Wildman–Crippen MR) is 69.2 cm³/mol. The topological polar surface area (TPSA) is 51.2 Å². The zero-order valence-corrected chi connectivity index (χ0v) is 11.0. The summed E-state index contributed by atoms with van der Waals surface area (Å²) in [5.74, 6) is -3.80. The number of ketones is 1. The second-order valence-electron chi connectivity index (χ2n) is 4.12. The number of carbonyl (C=O) groups is 1. The molecule has 3 nitrogen and oxygen atoms in total. The third kappa shape index (κ3) is 3.08. The van der Waals surface area contributed by atoms with Gasteiger partial charge in [-0.25, -0.2) is 17.2 Å². The molecule has 0 saturated heterocycles. The quantitative estimate of drug-likeness (QED) is 0.644. The monoisotopic (exact) mass is 296 g/mol. The number of hydrogen-bond acceptors (Lipinski definition) is 3. The molecule has 0 radical (unpaired) electrons. The number of halogens is 2. The normalized spacial score (nSPS) is 11.3. The largest absolute Gasteiger partial charge is 0.293 e. The van der Waals surface area contributed by atoms with Gasteiger partial charge in [0.25, 0.3) is 0 Å². The fraction of sp³-hybridized carbons (Fsp3) is 0.0714. The van der Waals surface area contributed by atoms with Crippen molar-refractivity contribution in [1.29, 1.82) is 0 Å². The van der Waals surface area contributed by atoms with E-state index in [-0.39, 0.29) is 5.56 Å². The highest BCUT2D eigenvalue weighted by atomic mass is 32.2. The highest BCUT2D eigenvalue weighted by Gasteiger charge is 2.21. The molecule has 0 unspecified atom stereocenters. The molecule has 0 heterocycles. The Labute approximate surface area is 114 Å². The predicted octanol–water partition coefficient (Wildman–Crippen LogP) is 2.62. The van der Waals surface area contributed by atoms with E-state index in [1.807, 2.05) is 0 Å². The lowest BCUT2D eigenvalue weighted by Gasteiger charge is -2.04. The molecule has 0 amide bonds. The Kier molecular flexibility index (Phi) is 3.94. The molecule has 2 aromatic rings. The first kappa shape index (κ1) is 14.3. The van der Waals surface area contributed by atoms with E-state index >= 15 is 0 Å². The van der Waals surface area contributed by atoms with Gasteiger partial charge in [0.1, 0.15) is 5.75 Å². The van der Waals surface area contributed by atoms with Crippen LogP contribution in [0.15, 0.2) is 53.4 Å². The van der Waals surface area contributed by atoms with Crippen LogP contribution in [0.25, 0.3) is 0 Å². The standard InChI is InChI=1S/C14H10F2O3S/c15-12-7-6-11(8-13(12)16)20(18,19)9-14(17)10-4-2-1-3-5-10/h1-8H,9H2. The molecule has 2 rings (SSSR count). The molecule has 6 heteroatoms. The van der Waals surface area contributed by atoms with Gasteiger partial charge in [0.15, 0.2) is 27.3 Å². The van der Waals surface area contributed by atoms with Crippen LogP contribution in [0.2, 0.25) is 0 Å². The van der Waals surface area contributed by atoms with Crippen molar-refractivity contribution in [2.24, 2.45) is 0 Å². The summed E-state index contributed by atoms with van der Waals surface area (Å²) >= 11 is 0. The summed E-state index contributed by atoms with van der Waals surface area (Å²) in [4.78, 5) is 11.4. The molecular formula is C14H10F2O3S. The first-order chi connectivity index (χ1) is 9.40. The van der Waals surface area contributed by atoms with Crippen LogP contribution >= 0.6 is 0 Å². The molecule has 0 aliphatic rings. The molecule has 0 N–H and O–H groups in total. The lowest BCUT2D eigenvalue weighted by atomic mass is 10.2. The minimum Gasteiger partial charge on any atom is -0.293 e. The maximum Gasteiger partial charge on any atom is 0.185 e. The number of Topliss-reactive ketones (excluding diaryl/α,β-unsaturated/α-hetero) is 1. The molecule has 0 fully saturated rings. The summed E-state index contributed by atoms with van der Waals surface area (Å²) in [5.41, 5.74) is 0.249. The van der Waals surface area contributed by atoms with E-state index in [0.29, 0.717) is 6.07 Å². The summed E-state index contributed by atoms with van der Waals surface area (Å²) in [7, 11) is -4.00. The van der Waals surface area contributed by atoms with Crippen LogP contribution in [-0.2, 0) is 9.84 Å². The molecule has 2 aromatic carbocycles. The third-order valence-corrected chi connectivity index (χ3v) is 4.28. The van der Waals surface area contributed by atoms with Crippen LogP contribution < -0.4 is 0 Å². The van der Waals surface area contributed by atoms with Gasteiger partial charge in [0.2, 0.25) is 0 Å². The Bertz CT molecular complexity index is 740. The molecule has 0 saturated carbocycles. The van der Waals surface area contributed by atoms with E-state index in [1.54, 1.807) is 18.2 Å². The smallest absolute Gasteiger partial charge is 0.185 e. The first-order valence-corrected chi connectivity index (χ1v) is 7.31. The highest BCUT2D eigenvalue weighted by Crippen LogP contribution is 2.16. The van der Waals surface area contributed by atoms with Gasteiger partial charge < -0.3 is 0 Å². The molecule has 20 heavy (non-hydrogen) atoms. The van der Waals surface area contributed by atoms with Gasteiger partial charge in [-0.05, 0) is 18.2 Å². The number of hydrogen-bond donors (Lipinski definition) is 0. The maximum atomic E-state index is 13.0. The van der Waals surface area contributed by atoms with Crippen molar-refractivity contribution < 1.29 is 22.0 Å². The van der Waals surface area contributed by atoms with Gasteiger partial charge in [-0.1, -0.05) is 30.3 Å². The molecule has 0 bridgehead atoms. The number of rotatable bonds is 4. The molecule has 0 aliphatic carbocycles. The van der Waals surface area contributed by atoms with E-state index < -0.39 is 37.9 Å². The van der Waals surface area contributed by atoms with Crippen LogP contribution in [0.4, 0.5) is 8.78 Å². The van der Waals surface area contributed by atoms with Gasteiger partial charge in [-0.2, -0.15) is 0 Å². The second-order valence-corrected chi connectivity index (χ2v) is 6.11. The number of benzene rings is 2. The van der Waals surface area contributed by atoms with Crippen molar-refractivity contribution in [2.75, 3.05) is 5.75 Å². The summed E-state index contributed by atoms with van der Waals surface area (Å²) in [5, 5.41) is 0. The van der Waals surface area contributed by atoms with E-state index in [0.717, 1.165) is 12.1 Å². The molecule has 104 valence electrons. The Balaban J connectivity index is 2.27. The van der Waals surface area contributed by atoms with E-state index in [9.17, 15) is 22.0 Å². The van der Waals surface area contributed by atoms with Crippen molar-refractivity contribution >= 4 is 15.6 Å². The lowest BCUT2D eigenvalue weighted by molar-refractivity contribution is 0.102. The van der Waals surface area contributed by atoms with E-state index in [4.69, 9.17) is 0 Å². The first-order valence-electron chi connectivity index (χ1n) is 5.66. The fourth-order valence-electron chi connectivity index (χ4n) is 1.63. The van der Waals surface area contributed by atoms with Crippen molar-refractivity contribution in [3.05, 3.63) is 65.7 Å². The zero-order chi connectivity index (χ0) is 14.8. The van der Waals surface area contributed by atoms with E-state index in [2.05, 4.69) is 0 Å². The molecule has 0 atom stereocenters. The lowest BCUT2D eigenvalue weighted by Crippen LogP contribution is -2.16. The zero-order valence-electron chi connectivity index (χ0n) is 10.2. The Morgan fingerprint density at radius 3 is 2.20 bits per heavy atom. The van der Waals surface area contributed by atoms with Crippen molar-refractivity contribution in [3.8, 4) is 0 Å². The summed E-state index contributed by atoms with van der Waals surface area (Å²) in [6.07, 6.45) is 0.